The maximum Gasteiger partial charge on any atom is 0.123 e. The van der Waals surface area contributed by atoms with E-state index in [-0.39, 0.29) is 5.82 Å². The van der Waals surface area contributed by atoms with Crippen LogP contribution in [0.2, 0.25) is 0 Å². The fraction of sp³-hybridized carbons (Fsp3) is 0.176. The summed E-state index contributed by atoms with van der Waals surface area (Å²) in [5.74, 6) is -0.214. The highest BCUT2D eigenvalue weighted by molar-refractivity contribution is 5.98. The first-order valence-electron chi connectivity index (χ1n) is 6.74. The molecule has 2 aromatic carbocycles. The van der Waals surface area contributed by atoms with Crippen LogP contribution in [-0.4, -0.2) is 11.1 Å². The van der Waals surface area contributed by atoms with Gasteiger partial charge in [0.15, 0.2) is 0 Å². The van der Waals surface area contributed by atoms with E-state index in [9.17, 15) is 4.39 Å². The minimum Gasteiger partial charge on any atom is -0.347 e. The number of hydrogen-bond donors (Lipinski definition) is 1. The Kier molecular flexibility index (Phi) is 3.28. The van der Waals surface area contributed by atoms with Crippen molar-refractivity contribution in [2.24, 2.45) is 12.8 Å². The molecular formula is C17H17FN2. The van der Waals surface area contributed by atoms with E-state index in [4.69, 9.17) is 5.73 Å². The van der Waals surface area contributed by atoms with Gasteiger partial charge < -0.3 is 10.3 Å². The molecule has 20 heavy (non-hydrogen) atoms. The van der Waals surface area contributed by atoms with E-state index >= 15 is 0 Å². The molecule has 3 heteroatoms. The molecule has 102 valence electrons. The predicted molar refractivity (Wildman–Crippen MR) is 81.1 cm³/mol. The van der Waals surface area contributed by atoms with Crippen LogP contribution < -0.4 is 5.73 Å². The Morgan fingerprint density at radius 2 is 1.75 bits per heavy atom. The number of rotatable bonds is 3. The highest BCUT2D eigenvalue weighted by Crippen LogP contribution is 2.34. The molecule has 2 nitrogen and oxygen atoms in total. The highest BCUT2D eigenvalue weighted by atomic mass is 19.1. The van der Waals surface area contributed by atoms with E-state index in [1.807, 2.05) is 24.3 Å². The van der Waals surface area contributed by atoms with Gasteiger partial charge in [0.05, 0.1) is 0 Å². The lowest BCUT2D eigenvalue weighted by molar-refractivity contribution is 0.628. The number of aryl methyl sites for hydroxylation is 1. The van der Waals surface area contributed by atoms with Crippen LogP contribution in [0.25, 0.3) is 22.0 Å². The molecule has 0 fully saturated rings. The fourth-order valence-electron chi connectivity index (χ4n) is 2.81. The SMILES string of the molecule is Cn1c(CCN)c(-c2ccc(F)cc2)c2ccccc21. The van der Waals surface area contributed by atoms with Crippen molar-refractivity contribution in [2.45, 2.75) is 6.42 Å². The summed E-state index contributed by atoms with van der Waals surface area (Å²) in [6.45, 7) is 0.596. The second-order valence-electron chi connectivity index (χ2n) is 4.94. The molecule has 0 atom stereocenters. The number of para-hydroxylation sites is 1. The minimum absolute atomic E-state index is 0.214. The molecule has 2 N–H and O–H groups in total. The molecule has 0 aliphatic rings. The van der Waals surface area contributed by atoms with Crippen molar-refractivity contribution in [3.05, 3.63) is 60.0 Å². The topological polar surface area (TPSA) is 30.9 Å². The Morgan fingerprint density at radius 1 is 1.05 bits per heavy atom. The van der Waals surface area contributed by atoms with E-state index < -0.39 is 0 Å². The molecule has 0 spiro atoms. The quantitative estimate of drug-likeness (QED) is 0.774. The third-order valence-corrected chi connectivity index (χ3v) is 3.74. The van der Waals surface area contributed by atoms with Gasteiger partial charge in [-0.15, -0.1) is 0 Å². The second kappa shape index (κ2) is 5.10. The number of fused-ring (bicyclic) bond motifs is 1. The van der Waals surface area contributed by atoms with Gasteiger partial charge in [0.2, 0.25) is 0 Å². The Balaban J connectivity index is 2.32. The smallest absolute Gasteiger partial charge is 0.123 e. The maximum absolute atomic E-state index is 13.1. The standard InChI is InChI=1S/C17H17FN2/c1-20-15-5-3-2-4-14(15)17(16(20)10-11-19)12-6-8-13(18)9-7-12/h2-9H,10-11,19H2,1H3. The number of nitrogens with two attached hydrogens (primary N) is 1. The highest BCUT2D eigenvalue weighted by Gasteiger charge is 2.15. The zero-order chi connectivity index (χ0) is 14.1. The summed E-state index contributed by atoms with van der Waals surface area (Å²) in [6, 6.07) is 14.9. The first-order chi connectivity index (χ1) is 9.72. The summed E-state index contributed by atoms with van der Waals surface area (Å²) in [6.07, 6.45) is 0.803. The Labute approximate surface area is 117 Å². The predicted octanol–water partition coefficient (Wildman–Crippen LogP) is 3.49. The first-order valence-corrected chi connectivity index (χ1v) is 6.74. The number of hydrogen-bond acceptors (Lipinski definition) is 1. The van der Waals surface area contributed by atoms with Crippen LogP contribution in [0.15, 0.2) is 48.5 Å². The molecule has 0 unspecified atom stereocenters. The van der Waals surface area contributed by atoms with Crippen LogP contribution in [-0.2, 0) is 13.5 Å². The van der Waals surface area contributed by atoms with Gasteiger partial charge in [0, 0.05) is 35.6 Å². The molecule has 0 bridgehead atoms. The van der Waals surface area contributed by atoms with Gasteiger partial charge in [0.1, 0.15) is 5.82 Å². The van der Waals surface area contributed by atoms with Gasteiger partial charge in [-0.3, -0.25) is 0 Å². The lowest BCUT2D eigenvalue weighted by atomic mass is 10.0. The van der Waals surface area contributed by atoms with Crippen molar-refractivity contribution in [3.8, 4) is 11.1 Å². The van der Waals surface area contributed by atoms with Crippen LogP contribution in [0.5, 0.6) is 0 Å². The first kappa shape index (κ1) is 12.9. The normalized spacial score (nSPS) is 11.2. The minimum atomic E-state index is -0.214. The van der Waals surface area contributed by atoms with Gasteiger partial charge in [-0.25, -0.2) is 4.39 Å². The van der Waals surface area contributed by atoms with E-state index in [0.29, 0.717) is 6.54 Å². The molecule has 0 aliphatic carbocycles. The number of benzene rings is 2. The van der Waals surface area contributed by atoms with E-state index in [2.05, 4.69) is 23.7 Å². The summed E-state index contributed by atoms with van der Waals surface area (Å²) in [7, 11) is 2.06. The van der Waals surface area contributed by atoms with Crippen molar-refractivity contribution in [2.75, 3.05) is 6.54 Å². The van der Waals surface area contributed by atoms with Crippen molar-refractivity contribution >= 4 is 10.9 Å². The molecule has 1 heterocycles. The summed E-state index contributed by atoms with van der Waals surface area (Å²) in [5.41, 5.74) is 10.3. The van der Waals surface area contributed by atoms with Crippen molar-refractivity contribution < 1.29 is 4.39 Å². The van der Waals surface area contributed by atoms with Gasteiger partial charge in [-0.05, 0) is 30.3 Å². The zero-order valence-corrected chi connectivity index (χ0v) is 11.4. The lowest BCUT2D eigenvalue weighted by Gasteiger charge is -2.07. The Hall–Kier alpha value is -2.13. The van der Waals surface area contributed by atoms with Crippen LogP contribution in [0.3, 0.4) is 0 Å². The van der Waals surface area contributed by atoms with Crippen LogP contribution >= 0.6 is 0 Å². The summed E-state index contributed by atoms with van der Waals surface area (Å²) >= 11 is 0. The second-order valence-corrected chi connectivity index (χ2v) is 4.94. The van der Waals surface area contributed by atoms with Gasteiger partial charge >= 0.3 is 0 Å². The molecule has 1 aromatic heterocycles. The average molecular weight is 268 g/mol. The van der Waals surface area contributed by atoms with Crippen molar-refractivity contribution in [1.82, 2.24) is 4.57 Å². The summed E-state index contributed by atoms with van der Waals surface area (Å²) in [5, 5.41) is 1.19. The Morgan fingerprint density at radius 3 is 2.45 bits per heavy atom. The largest absolute Gasteiger partial charge is 0.347 e. The van der Waals surface area contributed by atoms with Gasteiger partial charge in [-0.2, -0.15) is 0 Å². The number of aromatic nitrogens is 1. The molecule has 0 saturated heterocycles. The molecule has 3 aromatic rings. The molecular weight excluding hydrogens is 251 g/mol. The number of halogens is 1. The third-order valence-electron chi connectivity index (χ3n) is 3.74. The van der Waals surface area contributed by atoms with Gasteiger partial charge in [-0.1, -0.05) is 30.3 Å². The molecule has 0 aliphatic heterocycles. The van der Waals surface area contributed by atoms with Crippen molar-refractivity contribution in [3.63, 3.8) is 0 Å². The van der Waals surface area contributed by atoms with Crippen LogP contribution in [0, 0.1) is 5.82 Å². The molecule has 3 rings (SSSR count). The monoisotopic (exact) mass is 268 g/mol. The average Bonchev–Trinajstić information content (AvgIpc) is 2.74. The third kappa shape index (κ3) is 2.00. The fourth-order valence-corrected chi connectivity index (χ4v) is 2.81. The molecule has 0 amide bonds. The summed E-state index contributed by atoms with van der Waals surface area (Å²) in [4.78, 5) is 0. The van der Waals surface area contributed by atoms with E-state index in [0.717, 1.165) is 17.5 Å². The zero-order valence-electron chi connectivity index (χ0n) is 11.4. The maximum atomic E-state index is 13.1. The van der Waals surface area contributed by atoms with Crippen LogP contribution in [0.4, 0.5) is 4.39 Å². The molecule has 0 saturated carbocycles. The molecule has 0 radical (unpaired) electrons. The van der Waals surface area contributed by atoms with Gasteiger partial charge in [0.25, 0.3) is 0 Å². The van der Waals surface area contributed by atoms with E-state index in [1.165, 1.54) is 28.7 Å². The van der Waals surface area contributed by atoms with E-state index in [1.54, 1.807) is 0 Å². The summed E-state index contributed by atoms with van der Waals surface area (Å²) < 4.78 is 15.3. The Bertz CT molecular complexity index is 742. The van der Waals surface area contributed by atoms with Crippen molar-refractivity contribution in [1.29, 1.82) is 0 Å². The lowest BCUT2D eigenvalue weighted by Crippen LogP contribution is -2.07. The van der Waals surface area contributed by atoms with Crippen LogP contribution in [0.1, 0.15) is 5.69 Å². The number of nitrogens with zero attached hydrogens (tertiary/aromatic N) is 1.